The first-order valence-electron chi connectivity index (χ1n) is 4.93. The van der Waals surface area contributed by atoms with Gasteiger partial charge in [-0.1, -0.05) is 0 Å². The largest absolute Gasteiger partial charge is 0.480 e. The van der Waals surface area contributed by atoms with Crippen LogP contribution in [0.4, 0.5) is 4.79 Å². The molecule has 108 valence electrons. The lowest BCUT2D eigenvalue weighted by molar-refractivity contribution is -0.138. The van der Waals surface area contributed by atoms with Gasteiger partial charge in [-0.05, 0) is 11.9 Å². The van der Waals surface area contributed by atoms with Gasteiger partial charge >= 0.3 is 12.1 Å². The zero-order valence-corrected chi connectivity index (χ0v) is 11.2. The molecule has 0 aromatic heterocycles. The van der Waals surface area contributed by atoms with Crippen molar-refractivity contribution in [2.24, 2.45) is 20.9 Å². The number of carbonyl (C=O) groups is 2. The van der Waals surface area contributed by atoms with Gasteiger partial charge in [-0.2, -0.15) is 9.39 Å². The monoisotopic (exact) mass is 292 g/mol. The molecule has 1 unspecified atom stereocenters. The Hall–Kier alpha value is -2.17. The van der Waals surface area contributed by atoms with E-state index < -0.39 is 18.1 Å². The van der Waals surface area contributed by atoms with Crippen LogP contribution in [-0.2, 0) is 4.79 Å². The summed E-state index contributed by atoms with van der Waals surface area (Å²) in [4.78, 5) is 26.3. The Morgan fingerprint density at radius 2 is 1.95 bits per heavy atom. The van der Waals surface area contributed by atoms with Gasteiger partial charge in [-0.25, -0.2) is 9.59 Å². The van der Waals surface area contributed by atoms with E-state index in [1.165, 1.54) is 4.90 Å². The van der Waals surface area contributed by atoms with E-state index in [0.29, 0.717) is 0 Å². The van der Waals surface area contributed by atoms with E-state index in [9.17, 15) is 9.59 Å². The van der Waals surface area contributed by atoms with Crippen LogP contribution in [0.1, 0.15) is 0 Å². The zero-order valence-electron chi connectivity index (χ0n) is 10.4. The summed E-state index contributed by atoms with van der Waals surface area (Å²) in [5, 5.41) is 19.0. The molecular weight excluding hydrogens is 276 g/mol. The van der Waals surface area contributed by atoms with E-state index in [1.807, 2.05) is 5.32 Å². The maximum atomic E-state index is 10.7. The minimum absolute atomic E-state index is 0.125. The summed E-state index contributed by atoms with van der Waals surface area (Å²) in [6.45, 7) is 0. The van der Waals surface area contributed by atoms with Gasteiger partial charge in [-0.3, -0.25) is 0 Å². The Morgan fingerprint density at radius 1 is 1.37 bits per heavy atom. The van der Waals surface area contributed by atoms with Gasteiger partial charge in [0.1, 0.15) is 6.04 Å². The maximum absolute atomic E-state index is 10.7. The van der Waals surface area contributed by atoms with E-state index in [-0.39, 0.29) is 17.7 Å². The van der Waals surface area contributed by atoms with Crippen LogP contribution in [-0.4, -0.2) is 65.0 Å². The molecule has 11 heteroatoms. The molecule has 0 aliphatic heterocycles. The predicted molar refractivity (Wildman–Crippen MR) is 72.0 cm³/mol. The Morgan fingerprint density at radius 3 is 2.37 bits per heavy atom. The number of hydrogen-bond acceptors (Lipinski definition) is 4. The fourth-order valence-electron chi connectivity index (χ4n) is 0.739. The van der Waals surface area contributed by atoms with Crippen molar-refractivity contribution in [1.29, 1.82) is 0 Å². The third-order valence-electron chi connectivity index (χ3n) is 1.68. The van der Waals surface area contributed by atoms with E-state index >= 15 is 0 Å². The van der Waals surface area contributed by atoms with Crippen molar-refractivity contribution in [3.8, 4) is 0 Å². The molecule has 0 aromatic rings. The number of carboxylic acids is 1. The van der Waals surface area contributed by atoms with Gasteiger partial charge in [0.25, 0.3) is 0 Å². The molecular formula is C8H16N6O4S. The van der Waals surface area contributed by atoms with Gasteiger partial charge < -0.3 is 31.9 Å². The second-order valence-corrected chi connectivity index (χ2v) is 4.22. The van der Waals surface area contributed by atoms with Crippen molar-refractivity contribution < 1.29 is 19.8 Å². The second-order valence-electron chi connectivity index (χ2n) is 3.45. The highest BCUT2D eigenvalue weighted by molar-refractivity contribution is 7.98. The summed E-state index contributed by atoms with van der Waals surface area (Å²) < 4.78 is 3.70. The van der Waals surface area contributed by atoms with Gasteiger partial charge in [-0.15, -0.1) is 0 Å². The molecule has 1 amide bonds. The summed E-state index contributed by atoms with van der Waals surface area (Å²) in [6.07, 6.45) is -1.43. The first-order valence-corrected chi connectivity index (χ1v) is 5.87. The molecule has 0 aliphatic carbocycles. The third kappa shape index (κ3) is 7.70. The van der Waals surface area contributed by atoms with Crippen molar-refractivity contribution in [2.45, 2.75) is 6.04 Å². The molecule has 0 saturated heterocycles. The van der Waals surface area contributed by atoms with Crippen LogP contribution in [0.3, 0.4) is 0 Å². The summed E-state index contributed by atoms with van der Waals surface area (Å²) in [7, 11) is 3.33. The molecule has 0 rings (SSSR count). The summed E-state index contributed by atoms with van der Waals surface area (Å²) in [5.41, 5.74) is 10.9. The first-order chi connectivity index (χ1) is 8.73. The predicted octanol–water partition coefficient (Wildman–Crippen LogP) is -1.45. The lowest BCUT2D eigenvalue weighted by Crippen LogP contribution is -2.41. The van der Waals surface area contributed by atoms with Gasteiger partial charge in [0, 0.05) is 19.8 Å². The van der Waals surface area contributed by atoms with E-state index in [4.69, 9.17) is 21.7 Å². The van der Waals surface area contributed by atoms with Gasteiger partial charge in [0.15, 0.2) is 5.96 Å². The molecule has 0 aromatic carbocycles. The quantitative estimate of drug-likeness (QED) is 0.233. The van der Waals surface area contributed by atoms with Crippen LogP contribution in [0.25, 0.3) is 0 Å². The fraction of sp³-hybridized carbons (Fsp3) is 0.500. The van der Waals surface area contributed by atoms with Crippen molar-refractivity contribution in [3.05, 3.63) is 0 Å². The number of nitrogens with two attached hydrogens (primary N) is 2. The molecule has 0 heterocycles. The van der Waals surface area contributed by atoms with Crippen LogP contribution in [0.5, 0.6) is 0 Å². The van der Waals surface area contributed by atoms with Crippen LogP contribution in [0.2, 0.25) is 0 Å². The standard InChI is InChI=1S/C8H16N6O4S/c1-14(2)7(10)12-6(9)13-19-3-4(5(15)16)11-8(17)18/h4,11H,3H2,1-2H3,(H,15,16)(H,17,18)(H4,9,10,12,13). The highest BCUT2D eigenvalue weighted by Crippen LogP contribution is 2.05. The van der Waals surface area contributed by atoms with Crippen molar-refractivity contribution in [1.82, 2.24) is 10.2 Å². The van der Waals surface area contributed by atoms with Gasteiger partial charge in [0.05, 0.1) is 0 Å². The number of nitrogens with zero attached hydrogens (tertiary/aromatic N) is 3. The van der Waals surface area contributed by atoms with E-state index in [2.05, 4.69) is 9.39 Å². The van der Waals surface area contributed by atoms with Gasteiger partial charge in [0.2, 0.25) is 5.96 Å². The van der Waals surface area contributed by atoms with Crippen LogP contribution in [0.15, 0.2) is 9.39 Å². The van der Waals surface area contributed by atoms with Crippen LogP contribution < -0.4 is 16.8 Å². The van der Waals surface area contributed by atoms with Crippen molar-refractivity contribution in [2.75, 3.05) is 19.8 Å². The summed E-state index contributed by atoms with van der Waals surface area (Å²) >= 11 is 0.769. The summed E-state index contributed by atoms with van der Waals surface area (Å²) in [6, 6.07) is -1.28. The maximum Gasteiger partial charge on any atom is 0.405 e. The average molecular weight is 292 g/mol. The lowest BCUT2D eigenvalue weighted by Gasteiger charge is -2.10. The molecule has 7 N–H and O–H groups in total. The van der Waals surface area contributed by atoms with Crippen LogP contribution >= 0.6 is 11.9 Å². The number of carboxylic acid groups (broad SMARTS) is 2. The minimum Gasteiger partial charge on any atom is -0.480 e. The van der Waals surface area contributed by atoms with Crippen molar-refractivity contribution >= 4 is 35.9 Å². The number of rotatable bonds is 5. The Bertz CT molecular complexity index is 397. The first kappa shape index (κ1) is 16.8. The van der Waals surface area contributed by atoms with E-state index in [0.717, 1.165) is 11.9 Å². The average Bonchev–Trinajstić information content (AvgIpc) is 2.26. The molecule has 0 spiro atoms. The third-order valence-corrected chi connectivity index (χ3v) is 2.48. The lowest BCUT2D eigenvalue weighted by atomic mass is 10.3. The minimum atomic E-state index is -1.43. The molecule has 19 heavy (non-hydrogen) atoms. The highest BCUT2D eigenvalue weighted by Gasteiger charge is 2.19. The molecule has 0 radical (unpaired) electrons. The second kappa shape index (κ2) is 8.02. The summed E-state index contributed by atoms with van der Waals surface area (Å²) in [5.74, 6) is -1.43. The molecule has 0 bridgehead atoms. The SMILES string of the molecule is CN(C)/C(N)=N/C(N)=N/SCC(NC(=O)O)C(=O)O. The number of amides is 1. The topological polar surface area (TPSA) is 167 Å². The number of aliphatic carboxylic acids is 1. The zero-order chi connectivity index (χ0) is 15.0. The fourth-order valence-corrected chi connectivity index (χ4v) is 1.36. The highest BCUT2D eigenvalue weighted by atomic mass is 32.2. The Labute approximate surface area is 113 Å². The van der Waals surface area contributed by atoms with Crippen molar-refractivity contribution in [3.63, 3.8) is 0 Å². The number of guanidine groups is 2. The number of nitrogens with one attached hydrogen (secondary N) is 1. The normalized spacial score (nSPS) is 13.8. The number of aliphatic imine (C=N–C) groups is 1. The number of hydrogen-bond donors (Lipinski definition) is 5. The molecule has 1 atom stereocenters. The molecule has 0 saturated carbocycles. The Balaban J connectivity index is 4.42. The van der Waals surface area contributed by atoms with Crippen LogP contribution in [0, 0.1) is 0 Å². The molecule has 0 aliphatic rings. The molecule has 10 nitrogen and oxygen atoms in total. The Kier molecular flexibility index (Phi) is 7.11. The molecule has 0 fully saturated rings. The smallest absolute Gasteiger partial charge is 0.405 e. The van der Waals surface area contributed by atoms with E-state index in [1.54, 1.807) is 14.1 Å².